The molecule has 2 unspecified atom stereocenters. The van der Waals surface area contributed by atoms with Crippen molar-refractivity contribution in [2.24, 2.45) is 0 Å². The first kappa shape index (κ1) is 22.3. The maximum absolute atomic E-state index is 11.9. The van der Waals surface area contributed by atoms with Crippen molar-refractivity contribution in [3.05, 3.63) is 12.2 Å². The van der Waals surface area contributed by atoms with E-state index in [0.29, 0.717) is 13.2 Å². The summed E-state index contributed by atoms with van der Waals surface area (Å²) in [7, 11) is 0. The molecule has 156 valence electrons. The van der Waals surface area contributed by atoms with Gasteiger partial charge in [-0.25, -0.2) is 4.79 Å². The highest BCUT2D eigenvalue weighted by atomic mass is 16.8. The molecule has 0 saturated carbocycles. The van der Waals surface area contributed by atoms with Gasteiger partial charge in [0.25, 0.3) is 0 Å². The van der Waals surface area contributed by atoms with Crippen LogP contribution in [-0.4, -0.2) is 49.1 Å². The number of aliphatic hydroxyl groups is 1. The van der Waals surface area contributed by atoms with Gasteiger partial charge in [0.05, 0.1) is 6.61 Å². The van der Waals surface area contributed by atoms with Crippen LogP contribution in [0.1, 0.15) is 77.6 Å². The van der Waals surface area contributed by atoms with Crippen molar-refractivity contribution in [2.75, 3.05) is 26.4 Å². The average molecular weight is 385 g/mol. The molecule has 1 N–H and O–H groups in total. The molecule has 27 heavy (non-hydrogen) atoms. The Hall–Kier alpha value is -0.950. The molecule has 0 radical (unpaired) electrons. The number of epoxide rings is 2. The van der Waals surface area contributed by atoms with E-state index in [4.69, 9.17) is 18.9 Å². The summed E-state index contributed by atoms with van der Waals surface area (Å²) in [5.74, 6) is -2.55. The monoisotopic (exact) mass is 384 g/mol. The lowest BCUT2D eigenvalue weighted by Crippen LogP contribution is -2.27. The number of unbranched alkanes of at least 4 members (excludes halogenated alkanes) is 9. The molecule has 2 heterocycles. The molecular formula is C21H36O6. The second kappa shape index (κ2) is 11.1. The highest BCUT2D eigenvalue weighted by Crippen LogP contribution is 2.32. The molecule has 0 spiro atoms. The Morgan fingerprint density at radius 3 is 2.07 bits per heavy atom. The number of rotatable bonds is 17. The summed E-state index contributed by atoms with van der Waals surface area (Å²) < 4.78 is 21.1. The van der Waals surface area contributed by atoms with E-state index in [0.717, 1.165) is 12.8 Å². The van der Waals surface area contributed by atoms with Gasteiger partial charge in [0.15, 0.2) is 5.79 Å². The van der Waals surface area contributed by atoms with Gasteiger partial charge in [0.2, 0.25) is 5.79 Å². The van der Waals surface area contributed by atoms with Gasteiger partial charge < -0.3 is 24.1 Å². The third-order valence-corrected chi connectivity index (χ3v) is 5.01. The van der Waals surface area contributed by atoms with Crippen LogP contribution in [0, 0.1) is 0 Å². The Kier molecular flexibility index (Phi) is 9.22. The number of carbonyl (C=O) groups excluding carboxylic acids is 1. The molecule has 0 aromatic carbocycles. The molecule has 2 atom stereocenters. The van der Waals surface area contributed by atoms with Crippen LogP contribution in [0.15, 0.2) is 12.2 Å². The molecular weight excluding hydrogens is 348 g/mol. The fraction of sp³-hybridized carbons (Fsp3) is 0.857. The third kappa shape index (κ3) is 9.19. The fourth-order valence-electron chi connectivity index (χ4n) is 3.01. The third-order valence-electron chi connectivity index (χ3n) is 5.01. The van der Waals surface area contributed by atoms with Gasteiger partial charge in [-0.15, -0.1) is 0 Å². The van der Waals surface area contributed by atoms with E-state index in [1.807, 2.05) is 0 Å². The van der Waals surface area contributed by atoms with Crippen molar-refractivity contribution < 1.29 is 28.8 Å². The Bertz CT molecular complexity index is 467. The van der Waals surface area contributed by atoms with Crippen molar-refractivity contribution in [2.45, 2.75) is 89.1 Å². The second-order valence-corrected chi connectivity index (χ2v) is 7.82. The first-order chi connectivity index (χ1) is 13.0. The number of carbonyl (C=O) groups is 1. The minimum atomic E-state index is -1.23. The van der Waals surface area contributed by atoms with Gasteiger partial charge >= 0.3 is 5.97 Å². The van der Waals surface area contributed by atoms with E-state index in [-0.39, 0.29) is 25.2 Å². The van der Waals surface area contributed by atoms with Crippen molar-refractivity contribution in [1.29, 1.82) is 0 Å². The largest absolute Gasteiger partial charge is 0.456 e. The lowest BCUT2D eigenvalue weighted by molar-refractivity contribution is -0.151. The predicted octanol–water partition coefficient (Wildman–Crippen LogP) is 3.86. The minimum absolute atomic E-state index is 0.0574. The molecule has 2 saturated heterocycles. The van der Waals surface area contributed by atoms with Crippen molar-refractivity contribution in [3.8, 4) is 0 Å². The fourth-order valence-corrected chi connectivity index (χ4v) is 3.01. The predicted molar refractivity (Wildman–Crippen MR) is 102 cm³/mol. The van der Waals surface area contributed by atoms with Crippen LogP contribution in [0.25, 0.3) is 0 Å². The summed E-state index contributed by atoms with van der Waals surface area (Å²) in [4.78, 5) is 11.9. The molecule has 2 fully saturated rings. The van der Waals surface area contributed by atoms with Gasteiger partial charge in [-0.3, -0.25) is 0 Å². The number of hydrogen-bond donors (Lipinski definition) is 1. The van der Waals surface area contributed by atoms with E-state index in [9.17, 15) is 9.90 Å². The van der Waals surface area contributed by atoms with Crippen LogP contribution in [-0.2, 0) is 23.7 Å². The van der Waals surface area contributed by atoms with Crippen molar-refractivity contribution in [3.63, 3.8) is 0 Å². The topological polar surface area (TPSA) is 80.8 Å². The summed E-state index contributed by atoms with van der Waals surface area (Å²) >= 11 is 0. The van der Waals surface area contributed by atoms with Crippen LogP contribution in [0.3, 0.4) is 0 Å². The maximum Gasteiger partial charge on any atom is 0.333 e. The SMILES string of the molecule is C=C(CC1(O)CO1)C(=O)OCC1(OCCCCCCCCCCCC)CO1. The highest BCUT2D eigenvalue weighted by Gasteiger charge is 2.48. The number of ether oxygens (including phenoxy) is 4. The van der Waals surface area contributed by atoms with E-state index in [1.165, 1.54) is 51.4 Å². The molecule has 0 amide bonds. The summed E-state index contributed by atoms with van der Waals surface area (Å²) in [5.41, 5.74) is 0.195. The van der Waals surface area contributed by atoms with Gasteiger partial charge in [-0.1, -0.05) is 71.3 Å². The van der Waals surface area contributed by atoms with Crippen LogP contribution in [0.5, 0.6) is 0 Å². The maximum atomic E-state index is 11.9. The molecule has 0 aromatic rings. The summed E-state index contributed by atoms with van der Waals surface area (Å²) in [5, 5.41) is 9.62. The molecule has 6 nitrogen and oxygen atoms in total. The Morgan fingerprint density at radius 2 is 1.56 bits per heavy atom. The molecule has 2 aliphatic heterocycles. The van der Waals surface area contributed by atoms with Gasteiger partial charge in [0.1, 0.15) is 19.8 Å². The summed E-state index contributed by atoms with van der Waals surface area (Å²) in [6, 6.07) is 0. The van der Waals surface area contributed by atoms with Crippen molar-refractivity contribution >= 4 is 5.97 Å². The zero-order chi connectivity index (χ0) is 19.6. The zero-order valence-electron chi connectivity index (χ0n) is 16.8. The molecule has 2 aliphatic rings. The first-order valence-electron chi connectivity index (χ1n) is 10.5. The van der Waals surface area contributed by atoms with E-state index in [2.05, 4.69) is 13.5 Å². The Balaban J connectivity index is 1.43. The van der Waals surface area contributed by atoms with E-state index < -0.39 is 17.5 Å². The highest BCUT2D eigenvalue weighted by molar-refractivity contribution is 5.87. The normalized spacial score (nSPS) is 26.0. The second-order valence-electron chi connectivity index (χ2n) is 7.82. The van der Waals surface area contributed by atoms with E-state index >= 15 is 0 Å². The molecule has 0 aromatic heterocycles. The lowest BCUT2D eigenvalue weighted by Gasteiger charge is -2.14. The molecule has 6 heteroatoms. The van der Waals surface area contributed by atoms with Crippen LogP contribution in [0.4, 0.5) is 0 Å². The van der Waals surface area contributed by atoms with Gasteiger partial charge in [0, 0.05) is 12.0 Å². The molecule has 0 aliphatic carbocycles. The van der Waals surface area contributed by atoms with Crippen LogP contribution in [0.2, 0.25) is 0 Å². The summed E-state index contributed by atoms with van der Waals surface area (Å²) in [6.45, 7) is 7.23. The number of hydrogen-bond acceptors (Lipinski definition) is 6. The van der Waals surface area contributed by atoms with Crippen molar-refractivity contribution in [1.82, 2.24) is 0 Å². The standard InChI is InChI=1S/C21H36O6/c1-3-4-5-6-7-8-9-10-11-12-13-25-21(17-27-21)16-24-19(22)18(2)14-20(23)15-26-20/h23H,2-17H2,1H3. The minimum Gasteiger partial charge on any atom is -0.456 e. The molecule has 0 bridgehead atoms. The summed E-state index contributed by atoms with van der Waals surface area (Å²) in [6.07, 6.45) is 12.8. The Labute approximate surface area is 163 Å². The van der Waals surface area contributed by atoms with Gasteiger partial charge in [-0.2, -0.15) is 0 Å². The van der Waals surface area contributed by atoms with E-state index in [1.54, 1.807) is 0 Å². The van der Waals surface area contributed by atoms with Crippen LogP contribution >= 0.6 is 0 Å². The number of esters is 1. The van der Waals surface area contributed by atoms with Crippen LogP contribution < -0.4 is 0 Å². The lowest BCUT2D eigenvalue weighted by atomic mass is 10.1. The quantitative estimate of drug-likeness (QED) is 0.177. The Morgan fingerprint density at radius 1 is 1.00 bits per heavy atom. The average Bonchev–Trinajstić information content (AvgIpc) is 3.57. The first-order valence-corrected chi connectivity index (χ1v) is 10.5. The van der Waals surface area contributed by atoms with Gasteiger partial charge in [-0.05, 0) is 6.42 Å². The smallest absolute Gasteiger partial charge is 0.333 e. The molecule has 2 rings (SSSR count). The zero-order valence-corrected chi connectivity index (χ0v) is 16.8.